The minimum atomic E-state index is -2.10. The lowest BCUT2D eigenvalue weighted by Gasteiger charge is -2.24. The van der Waals surface area contributed by atoms with E-state index in [1.165, 1.54) is 18.2 Å². The second-order valence-electron chi connectivity index (χ2n) is 5.05. The van der Waals surface area contributed by atoms with E-state index in [1.54, 1.807) is 13.0 Å². The molecule has 1 N–H and O–H groups in total. The molecule has 0 spiro atoms. The van der Waals surface area contributed by atoms with Crippen LogP contribution >= 0.6 is 0 Å². The molecule has 0 aliphatic rings. The van der Waals surface area contributed by atoms with Gasteiger partial charge in [-0.1, -0.05) is 25.1 Å². The van der Waals surface area contributed by atoms with Crippen LogP contribution in [0.5, 0.6) is 0 Å². The number of carbonyl (C=O) groups excluding carboxylic acids is 2. The molecule has 0 aliphatic heterocycles. The predicted octanol–water partition coefficient (Wildman–Crippen LogP) is 1.80. The number of Topliss-reactive ketones (excluding diaryl/α,β-unsaturated/α-hetero) is 1. The van der Waals surface area contributed by atoms with Crippen LogP contribution in [-0.2, 0) is 20.7 Å². The van der Waals surface area contributed by atoms with Crippen LogP contribution in [-0.4, -0.2) is 34.5 Å². The summed E-state index contributed by atoms with van der Waals surface area (Å²) in [5.41, 5.74) is -2.15. The summed E-state index contributed by atoms with van der Waals surface area (Å²) in [7, 11) is 1.09. The molecule has 0 aliphatic carbocycles. The fourth-order valence-electron chi connectivity index (χ4n) is 2.24. The molecule has 1 aromatic carbocycles. The number of nitrogens with zero attached hydrogens (tertiary/aromatic N) is 1. The number of aliphatic hydroxyl groups is 1. The molecule has 0 heterocycles. The van der Waals surface area contributed by atoms with E-state index in [0.29, 0.717) is 6.42 Å². The molecule has 0 aromatic heterocycles. The van der Waals surface area contributed by atoms with Crippen molar-refractivity contribution in [3.8, 4) is 0 Å². The second kappa shape index (κ2) is 7.65. The van der Waals surface area contributed by atoms with Gasteiger partial charge in [-0.2, -0.15) is 0 Å². The number of benzene rings is 1. The van der Waals surface area contributed by atoms with Crippen LogP contribution in [0.3, 0.4) is 0 Å². The first-order chi connectivity index (χ1) is 10.3. The van der Waals surface area contributed by atoms with Crippen molar-refractivity contribution < 1.29 is 24.4 Å². The molecule has 0 saturated heterocycles. The molecule has 0 fully saturated rings. The number of nitro groups is 1. The minimum Gasteiger partial charge on any atom is -0.467 e. The van der Waals surface area contributed by atoms with E-state index in [0.717, 1.165) is 7.11 Å². The highest BCUT2D eigenvalue weighted by atomic mass is 16.6. The lowest BCUT2D eigenvalue weighted by Crippen LogP contribution is -2.44. The maximum atomic E-state index is 11.9. The Morgan fingerprint density at radius 3 is 2.55 bits per heavy atom. The number of methoxy groups -OCH3 is 1. The maximum Gasteiger partial charge on any atom is 0.338 e. The van der Waals surface area contributed by atoms with Crippen molar-refractivity contribution in [2.75, 3.05) is 7.11 Å². The molecular weight excluding hydrogens is 290 g/mol. The van der Waals surface area contributed by atoms with E-state index in [9.17, 15) is 24.8 Å². The molecule has 0 amide bonds. The number of rotatable bonds is 8. The van der Waals surface area contributed by atoms with Crippen LogP contribution in [0.4, 0.5) is 5.69 Å². The van der Waals surface area contributed by atoms with E-state index in [2.05, 4.69) is 4.74 Å². The molecule has 0 bridgehead atoms. The van der Waals surface area contributed by atoms with Crippen LogP contribution in [0.25, 0.3) is 0 Å². The molecular formula is C15H19NO6. The normalized spacial score (nSPS) is 13.2. The summed E-state index contributed by atoms with van der Waals surface area (Å²) in [5, 5.41) is 21.5. The van der Waals surface area contributed by atoms with Gasteiger partial charge in [0.25, 0.3) is 5.69 Å². The first-order valence-electron chi connectivity index (χ1n) is 6.89. The Morgan fingerprint density at radius 2 is 2.00 bits per heavy atom. The molecule has 1 aromatic rings. The summed E-state index contributed by atoms with van der Waals surface area (Å²) in [6.07, 6.45) is 0.0175. The van der Waals surface area contributed by atoms with Crippen molar-refractivity contribution >= 4 is 17.4 Å². The summed E-state index contributed by atoms with van der Waals surface area (Å²) in [4.78, 5) is 34.1. The van der Waals surface area contributed by atoms with E-state index in [4.69, 9.17) is 0 Å². The van der Waals surface area contributed by atoms with Crippen LogP contribution < -0.4 is 0 Å². The average molecular weight is 309 g/mol. The topological polar surface area (TPSA) is 107 Å². The van der Waals surface area contributed by atoms with Crippen LogP contribution in [0.15, 0.2) is 24.3 Å². The van der Waals surface area contributed by atoms with Crippen molar-refractivity contribution in [2.24, 2.45) is 0 Å². The van der Waals surface area contributed by atoms with Crippen molar-refractivity contribution in [3.63, 3.8) is 0 Å². The number of ether oxygens (including phenoxy) is 1. The van der Waals surface area contributed by atoms with Crippen molar-refractivity contribution in [2.45, 2.75) is 38.2 Å². The number of hydrogen-bond donors (Lipinski definition) is 1. The first-order valence-corrected chi connectivity index (χ1v) is 6.89. The summed E-state index contributed by atoms with van der Waals surface area (Å²) in [6.45, 7) is 1.80. The van der Waals surface area contributed by atoms with Gasteiger partial charge in [-0.05, 0) is 6.42 Å². The van der Waals surface area contributed by atoms with Gasteiger partial charge in [-0.15, -0.1) is 0 Å². The third-order valence-electron chi connectivity index (χ3n) is 3.26. The van der Waals surface area contributed by atoms with Gasteiger partial charge in [0.05, 0.1) is 12.0 Å². The SMILES string of the molecule is CCCC(=O)C[C@](O)(Cc1ccccc1[N+](=O)[O-])C(=O)OC. The molecule has 1 rings (SSSR count). The number of para-hydroxylation sites is 1. The van der Waals surface area contributed by atoms with Gasteiger partial charge in [-0.3, -0.25) is 14.9 Å². The van der Waals surface area contributed by atoms with Gasteiger partial charge in [0.2, 0.25) is 0 Å². The average Bonchev–Trinajstić information content (AvgIpc) is 2.46. The van der Waals surface area contributed by atoms with Crippen molar-refractivity contribution in [1.29, 1.82) is 0 Å². The molecule has 0 unspecified atom stereocenters. The third-order valence-corrected chi connectivity index (χ3v) is 3.26. The Kier molecular flexibility index (Phi) is 6.18. The Morgan fingerprint density at radius 1 is 1.36 bits per heavy atom. The van der Waals surface area contributed by atoms with Gasteiger partial charge >= 0.3 is 5.97 Å². The second-order valence-corrected chi connectivity index (χ2v) is 5.05. The van der Waals surface area contributed by atoms with Gasteiger partial charge in [0.15, 0.2) is 5.60 Å². The highest BCUT2D eigenvalue weighted by molar-refractivity contribution is 5.89. The number of ketones is 1. The van der Waals surface area contributed by atoms with Crippen molar-refractivity contribution in [1.82, 2.24) is 0 Å². The van der Waals surface area contributed by atoms with Crippen LogP contribution in [0, 0.1) is 10.1 Å². The van der Waals surface area contributed by atoms with Gasteiger partial charge < -0.3 is 9.84 Å². The fourth-order valence-corrected chi connectivity index (χ4v) is 2.24. The summed E-state index contributed by atoms with van der Waals surface area (Å²) in [6, 6.07) is 5.77. The molecule has 7 nitrogen and oxygen atoms in total. The lowest BCUT2D eigenvalue weighted by atomic mass is 9.88. The smallest absolute Gasteiger partial charge is 0.338 e. The van der Waals surface area contributed by atoms with E-state index < -0.39 is 22.9 Å². The number of carbonyl (C=O) groups is 2. The molecule has 120 valence electrons. The monoisotopic (exact) mass is 309 g/mol. The largest absolute Gasteiger partial charge is 0.467 e. The maximum absolute atomic E-state index is 11.9. The zero-order valence-corrected chi connectivity index (χ0v) is 12.6. The Bertz CT molecular complexity index is 571. The summed E-state index contributed by atoms with van der Waals surface area (Å²) < 4.78 is 4.56. The quantitative estimate of drug-likeness (QED) is 0.446. The molecule has 1 atom stereocenters. The first kappa shape index (κ1) is 17.8. The van der Waals surface area contributed by atoms with Crippen LogP contribution in [0.2, 0.25) is 0 Å². The van der Waals surface area contributed by atoms with Gasteiger partial charge in [0, 0.05) is 30.9 Å². The standard InChI is InChI=1S/C15H19NO6/c1-3-6-12(17)10-15(19,14(18)22-2)9-11-7-4-5-8-13(11)16(20)21/h4-5,7-8,19H,3,6,9-10H2,1-2H3/t15-/m1/s1. The highest BCUT2D eigenvalue weighted by Gasteiger charge is 2.40. The van der Waals surface area contributed by atoms with E-state index in [1.807, 2.05) is 0 Å². The summed E-state index contributed by atoms with van der Waals surface area (Å²) >= 11 is 0. The fraction of sp³-hybridized carbons (Fsp3) is 0.467. The third kappa shape index (κ3) is 4.36. The summed E-state index contributed by atoms with van der Waals surface area (Å²) in [5.74, 6) is -1.27. The highest BCUT2D eigenvalue weighted by Crippen LogP contribution is 2.26. The Labute approximate surface area is 128 Å². The zero-order valence-electron chi connectivity index (χ0n) is 12.6. The predicted molar refractivity (Wildman–Crippen MR) is 78.3 cm³/mol. The van der Waals surface area contributed by atoms with E-state index in [-0.39, 0.29) is 29.9 Å². The number of esters is 1. The van der Waals surface area contributed by atoms with Gasteiger partial charge in [0.1, 0.15) is 5.78 Å². The van der Waals surface area contributed by atoms with Gasteiger partial charge in [-0.25, -0.2) is 4.79 Å². The number of hydrogen-bond acceptors (Lipinski definition) is 6. The Balaban J connectivity index is 3.11. The minimum absolute atomic E-state index is 0.171. The molecule has 0 radical (unpaired) electrons. The molecule has 22 heavy (non-hydrogen) atoms. The Hall–Kier alpha value is -2.28. The zero-order chi connectivity index (χ0) is 16.8. The number of nitro benzene ring substituents is 1. The van der Waals surface area contributed by atoms with E-state index >= 15 is 0 Å². The van der Waals surface area contributed by atoms with Crippen molar-refractivity contribution in [3.05, 3.63) is 39.9 Å². The lowest BCUT2D eigenvalue weighted by molar-refractivity contribution is -0.385. The van der Waals surface area contributed by atoms with Crippen LogP contribution in [0.1, 0.15) is 31.7 Å². The molecule has 7 heteroatoms. The molecule has 0 saturated carbocycles.